The average molecular weight is 334 g/mol. The van der Waals surface area contributed by atoms with Crippen molar-refractivity contribution in [2.45, 2.75) is 36.8 Å². The van der Waals surface area contributed by atoms with Gasteiger partial charge in [-0.25, -0.2) is 0 Å². The number of piperidine rings is 1. The highest BCUT2D eigenvalue weighted by molar-refractivity contribution is 8.00. The predicted molar refractivity (Wildman–Crippen MR) is 90.9 cm³/mol. The molecule has 2 amide bonds. The van der Waals surface area contributed by atoms with Gasteiger partial charge < -0.3 is 15.0 Å². The lowest BCUT2D eigenvalue weighted by molar-refractivity contribution is -0.131. The van der Waals surface area contributed by atoms with E-state index in [1.54, 1.807) is 0 Å². The number of carbonyl (C=O) groups is 2. The van der Waals surface area contributed by atoms with Crippen LogP contribution in [-0.2, 0) is 9.59 Å². The molecular weight excluding hydrogens is 312 g/mol. The number of likely N-dealkylation sites (tertiary alicyclic amines) is 1. The van der Waals surface area contributed by atoms with Crippen molar-refractivity contribution >= 4 is 29.3 Å². The van der Waals surface area contributed by atoms with Crippen LogP contribution < -0.4 is 10.1 Å². The maximum absolute atomic E-state index is 12.6. The second kappa shape index (κ2) is 6.83. The molecule has 5 nitrogen and oxygen atoms in total. The molecule has 0 radical (unpaired) electrons. The summed E-state index contributed by atoms with van der Waals surface area (Å²) >= 11 is 1.52. The quantitative estimate of drug-likeness (QED) is 0.864. The fourth-order valence-corrected chi connectivity index (χ4v) is 3.87. The Balaban J connectivity index is 1.63. The van der Waals surface area contributed by atoms with E-state index in [9.17, 15) is 9.59 Å². The summed E-state index contributed by atoms with van der Waals surface area (Å²) in [4.78, 5) is 26.9. The van der Waals surface area contributed by atoms with Gasteiger partial charge in [-0.3, -0.25) is 9.59 Å². The van der Waals surface area contributed by atoms with Crippen molar-refractivity contribution in [1.29, 1.82) is 0 Å². The number of rotatable bonds is 3. The van der Waals surface area contributed by atoms with E-state index in [1.165, 1.54) is 11.8 Å². The molecule has 0 saturated carbocycles. The first-order valence-electron chi connectivity index (χ1n) is 8.05. The molecule has 0 aliphatic carbocycles. The van der Waals surface area contributed by atoms with E-state index in [0.717, 1.165) is 30.8 Å². The Morgan fingerprint density at radius 2 is 2.13 bits per heavy atom. The van der Waals surface area contributed by atoms with Gasteiger partial charge in [0, 0.05) is 18.0 Å². The topological polar surface area (TPSA) is 58.6 Å². The van der Waals surface area contributed by atoms with Crippen LogP contribution in [0, 0.1) is 5.92 Å². The van der Waals surface area contributed by atoms with Gasteiger partial charge in [0.05, 0.1) is 10.9 Å². The van der Waals surface area contributed by atoms with Crippen LogP contribution in [0.2, 0.25) is 0 Å². The maximum Gasteiger partial charge on any atom is 0.262 e. The molecule has 0 aromatic heterocycles. The third-order valence-electron chi connectivity index (χ3n) is 4.34. The van der Waals surface area contributed by atoms with E-state index in [1.807, 2.05) is 30.0 Å². The summed E-state index contributed by atoms with van der Waals surface area (Å²) in [6.07, 6.45) is 2.18. The Morgan fingerprint density at radius 3 is 2.87 bits per heavy atom. The van der Waals surface area contributed by atoms with Gasteiger partial charge in [-0.2, -0.15) is 0 Å². The van der Waals surface area contributed by atoms with Crippen LogP contribution in [0.3, 0.4) is 0 Å². The van der Waals surface area contributed by atoms with E-state index in [4.69, 9.17) is 4.74 Å². The molecule has 1 aromatic carbocycles. The summed E-state index contributed by atoms with van der Waals surface area (Å²) in [6, 6.07) is 5.65. The van der Waals surface area contributed by atoms with Gasteiger partial charge in [0.15, 0.2) is 6.61 Å². The van der Waals surface area contributed by atoms with Gasteiger partial charge in [-0.1, -0.05) is 6.92 Å². The van der Waals surface area contributed by atoms with E-state index < -0.39 is 0 Å². The third kappa shape index (κ3) is 3.80. The van der Waals surface area contributed by atoms with E-state index in [-0.39, 0.29) is 23.7 Å². The van der Waals surface area contributed by atoms with Gasteiger partial charge in [0.2, 0.25) is 5.91 Å². The molecule has 2 aliphatic heterocycles. The van der Waals surface area contributed by atoms with E-state index in [2.05, 4.69) is 12.2 Å². The molecular formula is C17H22N2O3S. The summed E-state index contributed by atoms with van der Waals surface area (Å²) in [5, 5.41) is 2.66. The van der Waals surface area contributed by atoms with Gasteiger partial charge in [-0.15, -0.1) is 11.8 Å². The minimum absolute atomic E-state index is 0.0573. The number of amides is 2. The number of nitrogens with one attached hydrogen (secondary N) is 1. The molecule has 3 rings (SSSR count). The normalized spacial score (nSPS) is 19.6. The summed E-state index contributed by atoms with van der Waals surface area (Å²) in [5.41, 5.74) is 0.678. The highest BCUT2D eigenvalue weighted by Crippen LogP contribution is 2.34. The molecule has 1 atom stereocenters. The Hall–Kier alpha value is -1.69. The average Bonchev–Trinajstić information content (AvgIpc) is 2.54. The number of anilines is 1. The highest BCUT2D eigenvalue weighted by atomic mass is 32.2. The van der Waals surface area contributed by atoms with Crippen LogP contribution in [0.4, 0.5) is 5.69 Å². The largest absolute Gasteiger partial charge is 0.482 e. The zero-order valence-corrected chi connectivity index (χ0v) is 14.3. The molecule has 6 heteroatoms. The monoisotopic (exact) mass is 334 g/mol. The summed E-state index contributed by atoms with van der Waals surface area (Å²) < 4.78 is 5.35. The first-order chi connectivity index (χ1) is 11.0. The highest BCUT2D eigenvalue weighted by Gasteiger charge is 2.25. The van der Waals surface area contributed by atoms with E-state index >= 15 is 0 Å². The maximum atomic E-state index is 12.6. The summed E-state index contributed by atoms with van der Waals surface area (Å²) in [5.74, 6) is 1.44. The van der Waals surface area contributed by atoms with Crippen LogP contribution in [0.1, 0.15) is 26.7 Å². The number of nitrogens with zero attached hydrogens (tertiary/aromatic N) is 1. The number of benzene rings is 1. The fourth-order valence-electron chi connectivity index (χ4n) is 2.88. The molecule has 0 bridgehead atoms. The first kappa shape index (κ1) is 16.2. The molecule has 0 spiro atoms. The summed E-state index contributed by atoms with van der Waals surface area (Å²) in [6.45, 7) is 5.96. The third-order valence-corrected chi connectivity index (χ3v) is 5.42. The van der Waals surface area contributed by atoms with Crippen molar-refractivity contribution in [1.82, 2.24) is 4.90 Å². The number of ether oxygens (including phenoxy) is 1. The van der Waals surface area contributed by atoms with E-state index in [0.29, 0.717) is 17.4 Å². The van der Waals surface area contributed by atoms with Gasteiger partial charge in [-0.05, 0) is 43.9 Å². The van der Waals surface area contributed by atoms with Gasteiger partial charge in [0.25, 0.3) is 5.91 Å². The van der Waals surface area contributed by atoms with Crippen molar-refractivity contribution < 1.29 is 14.3 Å². The second-order valence-corrected chi connectivity index (χ2v) is 7.68. The Bertz CT molecular complexity index is 612. The molecule has 1 unspecified atom stereocenters. The van der Waals surface area contributed by atoms with Crippen molar-refractivity contribution in [3.8, 4) is 5.75 Å². The smallest absolute Gasteiger partial charge is 0.262 e. The molecule has 1 saturated heterocycles. The number of hydrogen-bond donors (Lipinski definition) is 1. The standard InChI is InChI=1S/C17H22N2O3S/c1-11-5-7-19(8-6-11)17(21)12(2)23-13-3-4-15-14(9-13)18-16(20)10-22-15/h3-4,9,11-12H,5-8,10H2,1-2H3,(H,18,20). The second-order valence-electron chi connectivity index (χ2n) is 6.26. The van der Waals surface area contributed by atoms with Crippen molar-refractivity contribution in [3.63, 3.8) is 0 Å². The van der Waals surface area contributed by atoms with Crippen LogP contribution in [0.25, 0.3) is 0 Å². The number of thioether (sulfide) groups is 1. The number of fused-ring (bicyclic) bond motifs is 1. The minimum atomic E-state index is -0.147. The number of hydrogen-bond acceptors (Lipinski definition) is 4. The number of carbonyl (C=O) groups excluding carboxylic acids is 2. The predicted octanol–water partition coefficient (Wildman–Crippen LogP) is 2.76. The Morgan fingerprint density at radius 1 is 1.39 bits per heavy atom. The van der Waals surface area contributed by atoms with Crippen LogP contribution in [0.5, 0.6) is 5.75 Å². The SMILES string of the molecule is CC1CCN(C(=O)C(C)Sc2ccc3c(c2)NC(=O)CO3)CC1. The zero-order valence-electron chi connectivity index (χ0n) is 13.5. The van der Waals surface area contributed by atoms with Crippen molar-refractivity contribution in [2.75, 3.05) is 25.0 Å². The van der Waals surface area contributed by atoms with Crippen LogP contribution in [-0.4, -0.2) is 41.7 Å². The molecule has 1 fully saturated rings. The van der Waals surface area contributed by atoms with Crippen LogP contribution >= 0.6 is 11.8 Å². The zero-order chi connectivity index (χ0) is 16.4. The fraction of sp³-hybridized carbons (Fsp3) is 0.529. The minimum Gasteiger partial charge on any atom is -0.482 e. The molecule has 124 valence electrons. The lowest BCUT2D eigenvalue weighted by Crippen LogP contribution is -2.41. The van der Waals surface area contributed by atoms with Crippen LogP contribution in [0.15, 0.2) is 23.1 Å². The molecule has 1 aromatic rings. The lowest BCUT2D eigenvalue weighted by atomic mass is 9.99. The van der Waals surface area contributed by atoms with Gasteiger partial charge >= 0.3 is 0 Å². The van der Waals surface area contributed by atoms with Gasteiger partial charge in [0.1, 0.15) is 5.75 Å². The molecule has 2 heterocycles. The molecule has 2 aliphatic rings. The Kier molecular flexibility index (Phi) is 4.80. The van der Waals surface area contributed by atoms with Crippen molar-refractivity contribution in [3.05, 3.63) is 18.2 Å². The Labute approximate surface area is 140 Å². The lowest BCUT2D eigenvalue weighted by Gasteiger charge is -2.32. The summed E-state index contributed by atoms with van der Waals surface area (Å²) in [7, 11) is 0. The molecule has 23 heavy (non-hydrogen) atoms. The molecule has 1 N–H and O–H groups in total. The first-order valence-corrected chi connectivity index (χ1v) is 8.93. The van der Waals surface area contributed by atoms with Crippen molar-refractivity contribution in [2.24, 2.45) is 5.92 Å².